The molecular formula is C17H24N2O3S. The number of likely N-dealkylation sites (tertiary alicyclic amines) is 1. The first-order chi connectivity index (χ1) is 11.1. The molecule has 0 N–H and O–H groups in total. The highest BCUT2D eigenvalue weighted by molar-refractivity contribution is 7.89. The van der Waals surface area contributed by atoms with Crippen LogP contribution in [0.25, 0.3) is 0 Å². The van der Waals surface area contributed by atoms with Crippen LogP contribution in [0, 0.1) is 5.92 Å². The highest BCUT2D eigenvalue weighted by atomic mass is 32.2. The van der Waals surface area contributed by atoms with Crippen LogP contribution >= 0.6 is 0 Å². The number of sulfonamides is 1. The predicted octanol–water partition coefficient (Wildman–Crippen LogP) is 2.10. The number of carbonyl (C=O) groups excluding carboxylic acids is 1. The van der Waals surface area contributed by atoms with Gasteiger partial charge in [-0.2, -0.15) is 4.31 Å². The third kappa shape index (κ3) is 3.58. The second kappa shape index (κ2) is 7.01. The quantitative estimate of drug-likeness (QED) is 0.849. The average molecular weight is 336 g/mol. The molecule has 2 aliphatic heterocycles. The lowest BCUT2D eigenvalue weighted by atomic mass is 9.97. The molecule has 3 rings (SSSR count). The van der Waals surface area contributed by atoms with E-state index in [0.29, 0.717) is 18.0 Å². The summed E-state index contributed by atoms with van der Waals surface area (Å²) in [6.07, 6.45) is 4.84. The van der Waals surface area contributed by atoms with Crippen LogP contribution in [0.15, 0.2) is 35.2 Å². The van der Waals surface area contributed by atoms with Crippen LogP contribution in [0.4, 0.5) is 0 Å². The number of hydrogen-bond donors (Lipinski definition) is 0. The van der Waals surface area contributed by atoms with E-state index in [1.54, 1.807) is 30.3 Å². The van der Waals surface area contributed by atoms with Gasteiger partial charge in [0, 0.05) is 26.2 Å². The summed E-state index contributed by atoms with van der Waals surface area (Å²) in [7, 11) is -3.50. The number of amides is 1. The zero-order chi connectivity index (χ0) is 16.3. The minimum absolute atomic E-state index is 0.137. The number of rotatable bonds is 3. The first-order valence-corrected chi connectivity index (χ1v) is 9.87. The summed E-state index contributed by atoms with van der Waals surface area (Å²) in [5, 5.41) is 0. The largest absolute Gasteiger partial charge is 0.342 e. The highest BCUT2D eigenvalue weighted by Gasteiger charge is 2.35. The van der Waals surface area contributed by atoms with Gasteiger partial charge in [0.05, 0.1) is 10.8 Å². The molecule has 0 spiro atoms. The number of hydrogen-bond acceptors (Lipinski definition) is 3. The maximum atomic E-state index is 12.7. The Morgan fingerprint density at radius 1 is 0.957 bits per heavy atom. The van der Waals surface area contributed by atoms with E-state index in [9.17, 15) is 13.2 Å². The van der Waals surface area contributed by atoms with Gasteiger partial charge < -0.3 is 4.90 Å². The Labute approximate surface area is 138 Å². The molecule has 2 heterocycles. The van der Waals surface area contributed by atoms with Gasteiger partial charge in [0.2, 0.25) is 15.9 Å². The van der Waals surface area contributed by atoms with Crippen molar-refractivity contribution < 1.29 is 13.2 Å². The maximum absolute atomic E-state index is 12.7. The summed E-state index contributed by atoms with van der Waals surface area (Å²) in [6.45, 7) is 2.45. The molecule has 6 heteroatoms. The van der Waals surface area contributed by atoms with Crippen LogP contribution in [0.3, 0.4) is 0 Å². The molecule has 2 saturated heterocycles. The third-order valence-corrected chi connectivity index (χ3v) is 6.66. The summed E-state index contributed by atoms with van der Waals surface area (Å²) in [6, 6.07) is 8.50. The van der Waals surface area contributed by atoms with Crippen LogP contribution in [0.1, 0.15) is 32.1 Å². The van der Waals surface area contributed by atoms with Crippen molar-refractivity contribution in [2.75, 3.05) is 26.2 Å². The average Bonchev–Trinajstić information content (AvgIpc) is 2.62. The zero-order valence-electron chi connectivity index (χ0n) is 13.4. The van der Waals surface area contributed by atoms with Crippen molar-refractivity contribution in [2.45, 2.75) is 37.0 Å². The van der Waals surface area contributed by atoms with Crippen molar-refractivity contribution in [3.05, 3.63) is 30.3 Å². The van der Waals surface area contributed by atoms with Gasteiger partial charge in [-0.15, -0.1) is 0 Å². The van der Waals surface area contributed by atoms with Crippen molar-refractivity contribution in [1.82, 2.24) is 9.21 Å². The smallest absolute Gasteiger partial charge is 0.243 e. The molecule has 5 nitrogen and oxygen atoms in total. The van der Waals surface area contributed by atoms with E-state index in [4.69, 9.17) is 0 Å². The maximum Gasteiger partial charge on any atom is 0.243 e. The summed E-state index contributed by atoms with van der Waals surface area (Å²) in [5.74, 6) is -0.0574. The predicted molar refractivity (Wildman–Crippen MR) is 88.4 cm³/mol. The summed E-state index contributed by atoms with van der Waals surface area (Å²) in [5.41, 5.74) is 0. The molecule has 2 aliphatic rings. The zero-order valence-corrected chi connectivity index (χ0v) is 14.2. The van der Waals surface area contributed by atoms with Gasteiger partial charge in [0.1, 0.15) is 0 Å². The van der Waals surface area contributed by atoms with Gasteiger partial charge in [0.15, 0.2) is 0 Å². The molecule has 0 radical (unpaired) electrons. The van der Waals surface area contributed by atoms with Gasteiger partial charge in [-0.3, -0.25) is 4.79 Å². The van der Waals surface area contributed by atoms with Crippen molar-refractivity contribution in [2.24, 2.45) is 5.92 Å². The van der Waals surface area contributed by atoms with Crippen LogP contribution in [0.5, 0.6) is 0 Å². The number of carbonyl (C=O) groups is 1. The van der Waals surface area contributed by atoms with E-state index in [2.05, 4.69) is 0 Å². The number of nitrogens with zero attached hydrogens (tertiary/aromatic N) is 2. The minimum Gasteiger partial charge on any atom is -0.342 e. The SMILES string of the molecule is O=C([C@H]1CCCN(S(=O)(=O)c2ccccc2)C1)N1CCCCC1. The van der Waals surface area contributed by atoms with Crippen molar-refractivity contribution in [3.63, 3.8) is 0 Å². The van der Waals surface area contributed by atoms with Crippen molar-refractivity contribution in [1.29, 1.82) is 0 Å². The van der Waals surface area contributed by atoms with Gasteiger partial charge in [-0.05, 0) is 44.2 Å². The van der Waals surface area contributed by atoms with E-state index in [1.807, 2.05) is 4.90 Å². The Morgan fingerprint density at radius 3 is 2.35 bits per heavy atom. The standard InChI is InChI=1S/C17H24N2O3S/c20-17(18-11-5-2-6-12-18)15-8-7-13-19(14-15)23(21,22)16-9-3-1-4-10-16/h1,3-4,9-10,15H,2,5-8,11-14H2/t15-/m0/s1. The highest BCUT2D eigenvalue weighted by Crippen LogP contribution is 2.25. The summed E-state index contributed by atoms with van der Waals surface area (Å²) >= 11 is 0. The normalized spacial score (nSPS) is 23.7. The van der Waals surface area contributed by atoms with E-state index in [0.717, 1.165) is 38.8 Å². The number of piperidine rings is 2. The lowest BCUT2D eigenvalue weighted by Gasteiger charge is -2.35. The fourth-order valence-electron chi connectivity index (χ4n) is 3.48. The van der Waals surface area contributed by atoms with E-state index < -0.39 is 10.0 Å². The molecule has 126 valence electrons. The monoisotopic (exact) mass is 336 g/mol. The van der Waals surface area contributed by atoms with Crippen LogP contribution in [-0.2, 0) is 14.8 Å². The first-order valence-electron chi connectivity index (χ1n) is 8.43. The Balaban J connectivity index is 1.72. The molecule has 0 aromatic heterocycles. The Kier molecular flexibility index (Phi) is 5.02. The fourth-order valence-corrected chi connectivity index (χ4v) is 5.02. The lowest BCUT2D eigenvalue weighted by molar-refractivity contribution is -0.137. The van der Waals surface area contributed by atoms with Crippen LogP contribution in [-0.4, -0.2) is 49.7 Å². The van der Waals surface area contributed by atoms with E-state index in [-0.39, 0.29) is 11.8 Å². The topological polar surface area (TPSA) is 57.7 Å². The molecule has 1 amide bonds. The lowest BCUT2D eigenvalue weighted by Crippen LogP contribution is -2.47. The second-order valence-corrected chi connectivity index (χ2v) is 8.34. The molecule has 0 saturated carbocycles. The summed E-state index contributed by atoms with van der Waals surface area (Å²) in [4.78, 5) is 14.9. The molecule has 0 unspecified atom stereocenters. The Morgan fingerprint density at radius 2 is 1.65 bits per heavy atom. The molecule has 0 bridgehead atoms. The molecule has 1 aromatic carbocycles. The molecule has 23 heavy (non-hydrogen) atoms. The Hall–Kier alpha value is -1.40. The molecule has 2 fully saturated rings. The van der Waals surface area contributed by atoms with Crippen molar-refractivity contribution >= 4 is 15.9 Å². The Bertz CT molecular complexity index is 639. The molecule has 0 aliphatic carbocycles. The first kappa shape index (κ1) is 16.5. The van der Waals surface area contributed by atoms with Gasteiger partial charge >= 0.3 is 0 Å². The molecule has 1 aromatic rings. The van der Waals surface area contributed by atoms with Gasteiger partial charge in [-0.25, -0.2) is 8.42 Å². The second-order valence-electron chi connectivity index (χ2n) is 6.40. The molecular weight excluding hydrogens is 312 g/mol. The third-order valence-electron chi connectivity index (χ3n) is 4.78. The van der Waals surface area contributed by atoms with Crippen LogP contribution in [0.2, 0.25) is 0 Å². The summed E-state index contributed by atoms with van der Waals surface area (Å²) < 4.78 is 26.9. The minimum atomic E-state index is -3.50. The van der Waals surface area contributed by atoms with Gasteiger partial charge in [-0.1, -0.05) is 18.2 Å². The fraction of sp³-hybridized carbons (Fsp3) is 0.588. The van der Waals surface area contributed by atoms with Crippen LogP contribution < -0.4 is 0 Å². The van der Waals surface area contributed by atoms with E-state index >= 15 is 0 Å². The number of benzene rings is 1. The van der Waals surface area contributed by atoms with Gasteiger partial charge in [0.25, 0.3) is 0 Å². The molecule has 1 atom stereocenters. The van der Waals surface area contributed by atoms with Crippen molar-refractivity contribution in [3.8, 4) is 0 Å². The van der Waals surface area contributed by atoms with E-state index in [1.165, 1.54) is 10.7 Å².